The van der Waals surface area contributed by atoms with Crippen LogP contribution in [-0.4, -0.2) is 20.4 Å². The van der Waals surface area contributed by atoms with E-state index in [4.69, 9.17) is 11.6 Å². The molecule has 3 aromatic rings. The molecule has 0 bridgehead atoms. The fraction of sp³-hybridized carbons (Fsp3) is 0.208. The molecule has 0 fully saturated rings. The van der Waals surface area contributed by atoms with Gasteiger partial charge in [0.1, 0.15) is 6.04 Å². The van der Waals surface area contributed by atoms with Crippen molar-refractivity contribution in [3.8, 4) is 0 Å². The highest BCUT2D eigenvalue weighted by Crippen LogP contribution is 2.24. The first-order valence-electron chi connectivity index (χ1n) is 9.87. The minimum atomic E-state index is -3.95. The van der Waals surface area contributed by atoms with E-state index in [2.05, 4.69) is 10.0 Å². The number of nitrogens with one attached hydrogen (secondary N) is 2. The van der Waals surface area contributed by atoms with Gasteiger partial charge < -0.3 is 5.32 Å². The largest absolute Gasteiger partial charge is 0.323 e. The average molecular weight is 457 g/mol. The Hall–Kier alpha value is -2.67. The summed E-state index contributed by atoms with van der Waals surface area (Å²) in [6.07, 6.45) is 0.195. The smallest absolute Gasteiger partial charge is 0.242 e. The standard InChI is InChI=1S/C24H25ClN2O3S/c1-16-13-17(2)23(18(3)14-16)31(29,30)27-22(15-19-9-5-4-6-10-19)24(28)26-21-12-8-7-11-20(21)25/h4-14,22,27H,15H2,1-3H3,(H,26,28)/t22-/m1/s1. The summed E-state index contributed by atoms with van der Waals surface area (Å²) in [4.78, 5) is 13.3. The minimum Gasteiger partial charge on any atom is -0.323 e. The zero-order chi connectivity index (χ0) is 22.6. The molecule has 0 aliphatic heterocycles. The summed E-state index contributed by atoms with van der Waals surface area (Å²) in [5, 5.41) is 3.12. The summed E-state index contributed by atoms with van der Waals surface area (Å²) in [7, 11) is -3.95. The Morgan fingerprint density at radius 3 is 2.13 bits per heavy atom. The van der Waals surface area contributed by atoms with Gasteiger partial charge in [-0.25, -0.2) is 8.42 Å². The predicted molar refractivity (Wildman–Crippen MR) is 125 cm³/mol. The average Bonchev–Trinajstić information content (AvgIpc) is 2.68. The highest BCUT2D eigenvalue weighted by Gasteiger charge is 2.28. The van der Waals surface area contributed by atoms with Gasteiger partial charge in [0.2, 0.25) is 15.9 Å². The Morgan fingerprint density at radius 2 is 1.52 bits per heavy atom. The number of hydrogen-bond donors (Lipinski definition) is 2. The summed E-state index contributed by atoms with van der Waals surface area (Å²) in [6.45, 7) is 5.42. The van der Waals surface area contributed by atoms with E-state index in [1.165, 1.54) is 0 Å². The molecule has 162 valence electrons. The summed E-state index contributed by atoms with van der Waals surface area (Å²) in [5.74, 6) is -0.483. The molecule has 0 aromatic heterocycles. The molecule has 3 aromatic carbocycles. The van der Waals surface area contributed by atoms with Crippen LogP contribution in [0.3, 0.4) is 0 Å². The van der Waals surface area contributed by atoms with Crippen molar-refractivity contribution in [2.24, 2.45) is 0 Å². The Bertz CT molecular complexity index is 1170. The van der Waals surface area contributed by atoms with E-state index in [1.807, 2.05) is 49.4 Å². The number of halogens is 1. The Labute approximate surface area is 188 Å². The third kappa shape index (κ3) is 5.73. The van der Waals surface area contributed by atoms with E-state index in [9.17, 15) is 13.2 Å². The number of sulfonamides is 1. The Morgan fingerprint density at radius 1 is 0.935 bits per heavy atom. The van der Waals surface area contributed by atoms with Gasteiger partial charge in [0.25, 0.3) is 0 Å². The molecule has 5 nitrogen and oxygen atoms in total. The van der Waals surface area contributed by atoms with E-state index in [1.54, 1.807) is 38.1 Å². The van der Waals surface area contributed by atoms with Crippen LogP contribution in [-0.2, 0) is 21.2 Å². The summed E-state index contributed by atoms with van der Waals surface area (Å²) in [5.41, 5.74) is 3.51. The van der Waals surface area contributed by atoms with Gasteiger partial charge in [-0.15, -0.1) is 0 Å². The van der Waals surface area contributed by atoms with Crippen LogP contribution in [0.4, 0.5) is 5.69 Å². The summed E-state index contributed by atoms with van der Waals surface area (Å²) >= 11 is 6.17. The van der Waals surface area contributed by atoms with Gasteiger partial charge in [-0.3, -0.25) is 4.79 Å². The van der Waals surface area contributed by atoms with E-state index >= 15 is 0 Å². The van der Waals surface area contributed by atoms with Crippen LogP contribution in [0.25, 0.3) is 0 Å². The zero-order valence-electron chi connectivity index (χ0n) is 17.6. The van der Waals surface area contributed by atoms with Crippen molar-refractivity contribution in [2.75, 3.05) is 5.32 Å². The lowest BCUT2D eigenvalue weighted by Crippen LogP contribution is -2.45. The van der Waals surface area contributed by atoms with Gasteiger partial charge in [-0.2, -0.15) is 4.72 Å². The van der Waals surface area contributed by atoms with Gasteiger partial charge in [0.15, 0.2) is 0 Å². The van der Waals surface area contributed by atoms with Crippen LogP contribution in [0.5, 0.6) is 0 Å². The van der Waals surface area contributed by atoms with Crippen molar-refractivity contribution in [2.45, 2.75) is 38.1 Å². The van der Waals surface area contributed by atoms with E-state index < -0.39 is 22.0 Å². The van der Waals surface area contributed by atoms with E-state index in [0.29, 0.717) is 21.8 Å². The van der Waals surface area contributed by atoms with Crippen molar-refractivity contribution < 1.29 is 13.2 Å². The number of rotatable bonds is 7. The van der Waals surface area contributed by atoms with Gasteiger partial charge in [-0.05, 0) is 56.0 Å². The maximum absolute atomic E-state index is 13.3. The Kier molecular flexibility index (Phi) is 7.15. The number of amides is 1. The monoisotopic (exact) mass is 456 g/mol. The molecule has 7 heteroatoms. The summed E-state index contributed by atoms with van der Waals surface area (Å²) in [6, 6.07) is 18.7. The minimum absolute atomic E-state index is 0.195. The second-order valence-electron chi connectivity index (χ2n) is 7.56. The highest BCUT2D eigenvalue weighted by atomic mass is 35.5. The van der Waals surface area contributed by atoms with Crippen molar-refractivity contribution in [3.05, 3.63) is 94.0 Å². The maximum Gasteiger partial charge on any atom is 0.242 e. The molecular formula is C24H25ClN2O3S. The van der Waals surface area contributed by atoms with Crippen LogP contribution < -0.4 is 10.0 Å². The van der Waals surface area contributed by atoms with Crippen LogP contribution >= 0.6 is 11.6 Å². The first kappa shape index (κ1) is 23.0. The van der Waals surface area contributed by atoms with Crippen LogP contribution in [0.2, 0.25) is 5.02 Å². The number of hydrogen-bond acceptors (Lipinski definition) is 3. The molecule has 3 rings (SSSR count). The maximum atomic E-state index is 13.3. The van der Waals surface area contributed by atoms with Crippen molar-refractivity contribution in [3.63, 3.8) is 0 Å². The molecule has 0 spiro atoms. The Balaban J connectivity index is 1.94. The molecule has 0 saturated carbocycles. The predicted octanol–water partition coefficient (Wildman–Crippen LogP) is 4.79. The molecule has 0 unspecified atom stereocenters. The second-order valence-corrected chi connectivity index (χ2v) is 9.62. The first-order chi connectivity index (χ1) is 14.7. The SMILES string of the molecule is Cc1cc(C)c(S(=O)(=O)N[C@H](Cc2ccccc2)C(=O)Nc2ccccc2Cl)c(C)c1. The number of aryl methyl sites for hydroxylation is 3. The van der Waals surface area contributed by atoms with Gasteiger partial charge in [0, 0.05) is 0 Å². The molecule has 0 saturated heterocycles. The fourth-order valence-corrected chi connectivity index (χ4v) is 5.49. The molecule has 31 heavy (non-hydrogen) atoms. The van der Waals surface area contributed by atoms with Gasteiger partial charge >= 0.3 is 0 Å². The van der Waals surface area contributed by atoms with Crippen LogP contribution in [0.1, 0.15) is 22.3 Å². The second kappa shape index (κ2) is 9.64. The van der Waals surface area contributed by atoms with Crippen molar-refractivity contribution in [1.29, 1.82) is 0 Å². The zero-order valence-corrected chi connectivity index (χ0v) is 19.2. The number of benzene rings is 3. The topological polar surface area (TPSA) is 75.3 Å². The molecule has 0 heterocycles. The van der Waals surface area contributed by atoms with E-state index in [-0.39, 0.29) is 11.3 Å². The molecule has 2 N–H and O–H groups in total. The van der Waals surface area contributed by atoms with Crippen molar-refractivity contribution >= 4 is 33.2 Å². The lowest BCUT2D eigenvalue weighted by atomic mass is 10.1. The highest BCUT2D eigenvalue weighted by molar-refractivity contribution is 7.89. The third-order valence-corrected chi connectivity index (χ3v) is 7.01. The normalized spacial score (nSPS) is 12.4. The number of para-hydroxylation sites is 1. The van der Waals surface area contributed by atoms with Crippen LogP contribution in [0.15, 0.2) is 71.6 Å². The van der Waals surface area contributed by atoms with Gasteiger partial charge in [0.05, 0.1) is 15.6 Å². The third-order valence-electron chi connectivity index (χ3n) is 4.90. The quantitative estimate of drug-likeness (QED) is 0.536. The lowest BCUT2D eigenvalue weighted by Gasteiger charge is -2.21. The number of carbonyl (C=O) groups excluding carboxylic acids is 1. The van der Waals surface area contributed by atoms with Crippen molar-refractivity contribution in [1.82, 2.24) is 4.72 Å². The first-order valence-corrected chi connectivity index (χ1v) is 11.7. The molecule has 1 atom stereocenters. The molecule has 0 aliphatic rings. The fourth-order valence-electron chi connectivity index (χ4n) is 3.66. The number of anilines is 1. The summed E-state index contributed by atoms with van der Waals surface area (Å²) < 4.78 is 29.2. The van der Waals surface area contributed by atoms with Crippen LogP contribution in [0, 0.1) is 20.8 Å². The molecular weight excluding hydrogens is 432 g/mol. The molecule has 0 aliphatic carbocycles. The number of carbonyl (C=O) groups is 1. The van der Waals surface area contributed by atoms with E-state index in [0.717, 1.165) is 11.1 Å². The van der Waals surface area contributed by atoms with Gasteiger partial charge in [-0.1, -0.05) is 71.8 Å². The molecule has 1 amide bonds. The lowest BCUT2D eigenvalue weighted by molar-refractivity contribution is -0.117. The molecule has 0 radical (unpaired) electrons.